The average Bonchev–Trinajstić information content (AvgIpc) is 3.28. The summed E-state index contributed by atoms with van der Waals surface area (Å²) in [7, 11) is 0. The standard InChI is InChI=1S/C19H26FNO2S2/c20-17-4-2-16(3-5-17)19(22-12-13-23-19)6-1-9-21-10-7-18(8-11-21)24-14-15-25-18/h2-5H,1,6-15H2. The molecule has 3 fully saturated rings. The molecule has 0 amide bonds. The maximum Gasteiger partial charge on any atom is 0.195 e. The number of halogens is 1. The summed E-state index contributed by atoms with van der Waals surface area (Å²) in [6.07, 6.45) is 4.46. The van der Waals surface area contributed by atoms with Crippen LogP contribution in [-0.2, 0) is 15.3 Å². The van der Waals surface area contributed by atoms with Crippen LogP contribution in [0.15, 0.2) is 24.3 Å². The molecule has 3 aliphatic rings. The van der Waals surface area contributed by atoms with Crippen molar-refractivity contribution in [2.75, 3.05) is 44.4 Å². The van der Waals surface area contributed by atoms with Crippen LogP contribution in [0.1, 0.15) is 31.2 Å². The van der Waals surface area contributed by atoms with Gasteiger partial charge in [0.05, 0.1) is 17.3 Å². The summed E-state index contributed by atoms with van der Waals surface area (Å²) < 4.78 is 25.7. The van der Waals surface area contributed by atoms with Gasteiger partial charge in [-0.3, -0.25) is 0 Å². The summed E-state index contributed by atoms with van der Waals surface area (Å²) in [6, 6.07) is 6.56. The monoisotopic (exact) mass is 383 g/mol. The molecule has 0 aliphatic carbocycles. The fourth-order valence-corrected chi connectivity index (χ4v) is 7.24. The number of likely N-dealkylation sites (tertiary alicyclic amines) is 1. The van der Waals surface area contributed by atoms with Gasteiger partial charge >= 0.3 is 0 Å². The van der Waals surface area contributed by atoms with Gasteiger partial charge in [0.2, 0.25) is 0 Å². The van der Waals surface area contributed by atoms with Crippen LogP contribution in [0.5, 0.6) is 0 Å². The van der Waals surface area contributed by atoms with E-state index in [0.717, 1.165) is 24.9 Å². The number of hydrogen-bond acceptors (Lipinski definition) is 5. The van der Waals surface area contributed by atoms with Crippen LogP contribution in [0, 0.1) is 5.82 Å². The number of nitrogens with zero attached hydrogens (tertiary/aromatic N) is 1. The highest BCUT2D eigenvalue weighted by atomic mass is 32.2. The van der Waals surface area contributed by atoms with Crippen molar-refractivity contribution >= 4 is 23.5 Å². The second-order valence-electron chi connectivity index (χ2n) is 7.01. The highest BCUT2D eigenvalue weighted by Gasteiger charge is 2.40. The quantitative estimate of drug-likeness (QED) is 0.762. The molecule has 0 saturated carbocycles. The molecule has 3 heterocycles. The Kier molecular flexibility index (Phi) is 5.63. The summed E-state index contributed by atoms with van der Waals surface area (Å²) in [5, 5.41) is 0. The molecule has 0 atom stereocenters. The number of piperidine rings is 1. The van der Waals surface area contributed by atoms with Gasteiger partial charge in [-0.15, -0.1) is 23.5 Å². The second-order valence-corrected chi connectivity index (χ2v) is 10.2. The predicted octanol–water partition coefficient (Wildman–Crippen LogP) is 4.08. The van der Waals surface area contributed by atoms with Crippen LogP contribution in [-0.4, -0.2) is 53.3 Å². The molecule has 0 bridgehead atoms. The molecular formula is C19H26FNO2S2. The van der Waals surface area contributed by atoms with Gasteiger partial charge in [-0.25, -0.2) is 4.39 Å². The summed E-state index contributed by atoms with van der Waals surface area (Å²) in [5.41, 5.74) is 0.933. The van der Waals surface area contributed by atoms with Crippen molar-refractivity contribution in [2.45, 2.75) is 35.5 Å². The minimum absolute atomic E-state index is 0.221. The molecule has 3 nitrogen and oxygen atoms in total. The van der Waals surface area contributed by atoms with Crippen molar-refractivity contribution in [3.05, 3.63) is 35.6 Å². The van der Waals surface area contributed by atoms with Crippen LogP contribution in [0.25, 0.3) is 0 Å². The maximum absolute atomic E-state index is 13.2. The molecule has 0 N–H and O–H groups in total. The predicted molar refractivity (Wildman–Crippen MR) is 103 cm³/mol. The topological polar surface area (TPSA) is 21.7 Å². The van der Waals surface area contributed by atoms with Crippen LogP contribution >= 0.6 is 23.5 Å². The number of thioether (sulfide) groups is 2. The lowest BCUT2D eigenvalue weighted by Crippen LogP contribution is -2.40. The maximum atomic E-state index is 13.2. The van der Waals surface area contributed by atoms with Crippen LogP contribution in [0.3, 0.4) is 0 Å². The Morgan fingerprint density at radius 3 is 2.28 bits per heavy atom. The van der Waals surface area contributed by atoms with Gasteiger partial charge in [0.25, 0.3) is 0 Å². The van der Waals surface area contributed by atoms with Crippen molar-refractivity contribution in [2.24, 2.45) is 0 Å². The van der Waals surface area contributed by atoms with Gasteiger partial charge in [-0.1, -0.05) is 12.1 Å². The normalized spacial score (nSPS) is 25.6. The molecule has 3 aliphatic heterocycles. The summed E-state index contributed by atoms with van der Waals surface area (Å²) in [4.78, 5) is 2.58. The molecule has 1 spiro atoms. The molecule has 0 radical (unpaired) electrons. The average molecular weight is 384 g/mol. The van der Waals surface area contributed by atoms with Crippen LogP contribution in [0.2, 0.25) is 0 Å². The van der Waals surface area contributed by atoms with Crippen LogP contribution in [0.4, 0.5) is 4.39 Å². The number of rotatable bonds is 5. The van der Waals surface area contributed by atoms with E-state index < -0.39 is 5.79 Å². The lowest BCUT2D eigenvalue weighted by molar-refractivity contribution is -0.172. The van der Waals surface area contributed by atoms with Gasteiger partial charge in [-0.2, -0.15) is 0 Å². The van der Waals surface area contributed by atoms with Gasteiger partial charge in [-0.05, 0) is 37.9 Å². The first kappa shape index (κ1) is 18.1. The van der Waals surface area contributed by atoms with Gasteiger partial charge < -0.3 is 14.4 Å². The third-order valence-corrected chi connectivity index (χ3v) is 9.10. The highest BCUT2D eigenvalue weighted by Crippen LogP contribution is 2.50. The zero-order chi connectivity index (χ0) is 17.2. The molecule has 0 aromatic heterocycles. The Morgan fingerprint density at radius 2 is 1.64 bits per heavy atom. The third kappa shape index (κ3) is 4.03. The Morgan fingerprint density at radius 1 is 1.00 bits per heavy atom. The summed E-state index contributed by atoms with van der Waals surface area (Å²) >= 11 is 4.35. The lowest BCUT2D eigenvalue weighted by Gasteiger charge is -2.38. The van der Waals surface area contributed by atoms with E-state index >= 15 is 0 Å². The molecular weight excluding hydrogens is 357 g/mol. The fourth-order valence-electron chi connectivity index (χ4n) is 4.05. The van der Waals surface area contributed by atoms with Crippen molar-refractivity contribution < 1.29 is 13.9 Å². The van der Waals surface area contributed by atoms with Crippen molar-refractivity contribution in [1.82, 2.24) is 4.90 Å². The second kappa shape index (κ2) is 7.77. The molecule has 1 aromatic rings. The summed E-state index contributed by atoms with van der Waals surface area (Å²) in [5.74, 6) is 1.74. The van der Waals surface area contributed by atoms with E-state index in [1.807, 2.05) is 0 Å². The van der Waals surface area contributed by atoms with Crippen molar-refractivity contribution in [3.63, 3.8) is 0 Å². The highest BCUT2D eigenvalue weighted by molar-refractivity contribution is 8.21. The van der Waals surface area contributed by atoms with Gasteiger partial charge in [0.15, 0.2) is 5.79 Å². The molecule has 4 rings (SSSR count). The number of ether oxygens (including phenoxy) is 2. The molecule has 6 heteroatoms. The van der Waals surface area contributed by atoms with E-state index in [-0.39, 0.29) is 5.82 Å². The first-order valence-corrected chi connectivity index (χ1v) is 11.2. The Labute approximate surface area is 158 Å². The van der Waals surface area contributed by atoms with E-state index in [4.69, 9.17) is 9.47 Å². The largest absolute Gasteiger partial charge is 0.343 e. The number of hydrogen-bond donors (Lipinski definition) is 0. The smallest absolute Gasteiger partial charge is 0.195 e. The minimum Gasteiger partial charge on any atom is -0.343 e. The van der Waals surface area contributed by atoms with E-state index in [0.29, 0.717) is 17.3 Å². The fraction of sp³-hybridized carbons (Fsp3) is 0.684. The van der Waals surface area contributed by atoms with E-state index in [1.165, 1.54) is 49.6 Å². The molecule has 138 valence electrons. The first-order chi connectivity index (χ1) is 12.2. The first-order valence-electron chi connectivity index (χ1n) is 9.24. The lowest BCUT2D eigenvalue weighted by atomic mass is 10.00. The van der Waals surface area contributed by atoms with Crippen LogP contribution < -0.4 is 0 Å². The minimum atomic E-state index is -0.679. The Balaban J connectivity index is 1.30. The van der Waals surface area contributed by atoms with Crippen molar-refractivity contribution in [1.29, 1.82) is 0 Å². The molecule has 25 heavy (non-hydrogen) atoms. The van der Waals surface area contributed by atoms with Gasteiger partial charge in [0.1, 0.15) is 5.82 Å². The zero-order valence-electron chi connectivity index (χ0n) is 14.5. The summed E-state index contributed by atoms with van der Waals surface area (Å²) in [6.45, 7) is 4.70. The third-order valence-electron chi connectivity index (χ3n) is 5.45. The molecule has 3 saturated heterocycles. The van der Waals surface area contributed by atoms with E-state index in [2.05, 4.69) is 28.4 Å². The van der Waals surface area contributed by atoms with E-state index in [9.17, 15) is 4.39 Å². The molecule has 0 unspecified atom stereocenters. The Bertz CT molecular complexity index is 561. The number of benzene rings is 1. The van der Waals surface area contributed by atoms with Gasteiger partial charge in [0, 0.05) is 36.6 Å². The SMILES string of the molecule is Fc1ccc(C2(CCCN3CCC4(CC3)SCCS4)OCCO2)cc1. The Hall–Kier alpha value is -0.270. The molecule has 1 aromatic carbocycles. The van der Waals surface area contributed by atoms with Crippen molar-refractivity contribution in [3.8, 4) is 0 Å². The zero-order valence-corrected chi connectivity index (χ0v) is 16.2. The van der Waals surface area contributed by atoms with E-state index in [1.54, 1.807) is 12.1 Å².